The van der Waals surface area contributed by atoms with Crippen molar-refractivity contribution in [1.82, 2.24) is 0 Å². The summed E-state index contributed by atoms with van der Waals surface area (Å²) in [6.07, 6.45) is 0. The Morgan fingerprint density at radius 1 is 2.00 bits per heavy atom. The van der Waals surface area contributed by atoms with Gasteiger partial charge in [0.25, 0.3) is 0 Å². The molecule has 0 spiro atoms. The Morgan fingerprint density at radius 3 is 2.60 bits per heavy atom. The molecule has 0 N–H and O–H groups in total. The van der Waals surface area contributed by atoms with Gasteiger partial charge in [0.05, 0.1) is 0 Å². The predicted molar refractivity (Wildman–Crippen MR) is 21.8 cm³/mol. The first-order valence-electron chi connectivity index (χ1n) is 1.63. The summed E-state index contributed by atoms with van der Waals surface area (Å²) in [5, 5.41) is 8.92. The molecule has 1 nitrogen and oxygen atoms in total. The Kier molecular flexibility index (Phi) is 4.04. The molecule has 0 radical (unpaired) electrons. The van der Waals surface area contributed by atoms with E-state index in [1.54, 1.807) is 0 Å². The molecular weight excluding hydrogens is 77.0 g/mol. The van der Waals surface area contributed by atoms with Crippen molar-refractivity contribution in [3.8, 4) is 4.93 Å². The van der Waals surface area contributed by atoms with Crippen LogP contribution in [-0.2, 0) is 0 Å². The van der Waals surface area contributed by atoms with Gasteiger partial charge in [0.2, 0.25) is 0 Å². The molecule has 0 amide bonds. The van der Waals surface area contributed by atoms with E-state index in [0.717, 1.165) is 5.28 Å². The van der Waals surface area contributed by atoms with E-state index in [1.807, 2.05) is 6.92 Å². The van der Waals surface area contributed by atoms with Crippen LogP contribution in [0.3, 0.4) is 0 Å². The molecule has 0 aromatic heterocycles. The van der Waals surface area contributed by atoms with Gasteiger partial charge in [-0.05, 0) is 0 Å². The number of hydrogen-bond donors (Lipinski definition) is 0. The van der Waals surface area contributed by atoms with Gasteiger partial charge < -0.3 is 0 Å². The van der Waals surface area contributed by atoms with Gasteiger partial charge in [-0.1, -0.05) is 0 Å². The van der Waals surface area contributed by atoms with E-state index in [-0.39, 0.29) is 15.2 Å². The SMILES string of the molecule is C[CH2][Al+][C]#N. The van der Waals surface area contributed by atoms with Crippen LogP contribution in [0.1, 0.15) is 6.92 Å². The monoisotopic (exact) mass is 82.0 g/mol. The molecule has 0 aromatic carbocycles. The third-order valence-corrected chi connectivity index (χ3v) is 0.886. The first-order valence-corrected chi connectivity index (χ1v) is 3.02. The number of nitrogens with zero attached hydrogens (tertiary/aromatic N) is 1. The molecule has 0 aliphatic rings. The second kappa shape index (κ2) is 4.02. The second-order valence-corrected chi connectivity index (χ2v) is 2.22. The van der Waals surface area contributed by atoms with E-state index in [0.29, 0.717) is 0 Å². The van der Waals surface area contributed by atoms with E-state index < -0.39 is 0 Å². The molecule has 5 heavy (non-hydrogen) atoms. The Labute approximate surface area is 38.3 Å². The zero-order valence-corrected chi connectivity index (χ0v) is 4.39. The van der Waals surface area contributed by atoms with Gasteiger partial charge in [-0.25, -0.2) is 0 Å². The molecule has 0 aromatic rings. The molecule has 0 aliphatic carbocycles. The topological polar surface area (TPSA) is 23.8 Å². The van der Waals surface area contributed by atoms with E-state index in [9.17, 15) is 0 Å². The quantitative estimate of drug-likeness (QED) is 0.425. The summed E-state index contributed by atoms with van der Waals surface area (Å²) >= 11 is 0.120. The van der Waals surface area contributed by atoms with Gasteiger partial charge in [-0.15, -0.1) is 0 Å². The summed E-state index contributed by atoms with van der Waals surface area (Å²) in [5.41, 5.74) is 0. The average molecular weight is 82.1 g/mol. The van der Waals surface area contributed by atoms with Gasteiger partial charge in [0.15, 0.2) is 0 Å². The molecule has 0 unspecified atom stereocenters. The molecule has 2 heteroatoms. The molecule has 0 rings (SSSR count). The van der Waals surface area contributed by atoms with Crippen LogP contribution in [0, 0.1) is 10.2 Å². The fraction of sp³-hybridized carbons (Fsp3) is 0.667. The fourth-order valence-corrected chi connectivity index (χ4v) is 0.274. The molecule has 0 fully saturated rings. The number of hydrogen-bond acceptors (Lipinski definition) is 1. The van der Waals surface area contributed by atoms with Gasteiger partial charge in [-0.3, -0.25) is 0 Å². The van der Waals surface area contributed by atoms with Crippen molar-refractivity contribution < 1.29 is 0 Å². The van der Waals surface area contributed by atoms with Crippen LogP contribution in [0.5, 0.6) is 0 Å². The third-order valence-electron chi connectivity index (χ3n) is 0.295. The Hall–Kier alpha value is 0.0225. The zero-order valence-electron chi connectivity index (χ0n) is 3.23. The third kappa shape index (κ3) is 4.02. The van der Waals surface area contributed by atoms with Gasteiger partial charge >= 0.3 is 37.6 Å². The van der Waals surface area contributed by atoms with Crippen molar-refractivity contribution in [2.24, 2.45) is 0 Å². The van der Waals surface area contributed by atoms with E-state index in [2.05, 4.69) is 4.93 Å². The molecule has 0 bridgehead atoms. The van der Waals surface area contributed by atoms with Gasteiger partial charge in [0, 0.05) is 0 Å². The second-order valence-electron chi connectivity index (χ2n) is 0.741. The van der Waals surface area contributed by atoms with Crippen LogP contribution in [0.2, 0.25) is 5.28 Å². The first kappa shape index (κ1) is 5.02. The molecule has 0 aliphatic heterocycles. The van der Waals surface area contributed by atoms with Crippen molar-refractivity contribution in [3.05, 3.63) is 0 Å². The van der Waals surface area contributed by atoms with Crippen LogP contribution in [0.25, 0.3) is 0 Å². The van der Waals surface area contributed by atoms with Crippen molar-refractivity contribution in [3.63, 3.8) is 0 Å². The van der Waals surface area contributed by atoms with Crippen molar-refractivity contribution in [1.29, 1.82) is 5.26 Å². The zero-order chi connectivity index (χ0) is 4.12. The molecule has 24 valence electrons. The minimum absolute atomic E-state index is 0.120. The standard InChI is InChI=1S/C2H5.CN.Al/c2*1-2;/h1H2,2H3;;/q;;+1. The van der Waals surface area contributed by atoms with Gasteiger partial charge in [-0.2, -0.15) is 0 Å². The van der Waals surface area contributed by atoms with E-state index >= 15 is 0 Å². The molecule has 0 saturated heterocycles. The van der Waals surface area contributed by atoms with Crippen molar-refractivity contribution >= 4 is 15.2 Å². The maximum atomic E-state index is 7.85. The normalized spacial score (nSPS) is 4.80. The van der Waals surface area contributed by atoms with Crippen molar-refractivity contribution in [2.45, 2.75) is 12.2 Å². The summed E-state index contributed by atoms with van der Waals surface area (Å²) in [7, 11) is 0. The molecule has 0 saturated carbocycles. The summed E-state index contributed by atoms with van der Waals surface area (Å²) in [6.45, 7) is 2.03. The average Bonchev–Trinajstić information content (AvgIpc) is 1.41. The molecular formula is C3H5AlN+. The summed E-state index contributed by atoms with van der Waals surface area (Å²) in [6, 6.07) is 0. The molecule has 0 heterocycles. The van der Waals surface area contributed by atoms with Crippen LogP contribution >= 0.6 is 0 Å². The van der Waals surface area contributed by atoms with Crippen LogP contribution < -0.4 is 0 Å². The number of rotatable bonds is 1. The maximum absolute atomic E-state index is 7.85. The van der Waals surface area contributed by atoms with Crippen LogP contribution in [0.15, 0.2) is 0 Å². The summed E-state index contributed by atoms with van der Waals surface area (Å²) in [4.78, 5) is 2.10. The first-order chi connectivity index (χ1) is 2.41. The Morgan fingerprint density at radius 2 is 2.60 bits per heavy atom. The van der Waals surface area contributed by atoms with Gasteiger partial charge in [0.1, 0.15) is 0 Å². The van der Waals surface area contributed by atoms with E-state index in [4.69, 9.17) is 5.26 Å². The molecule has 0 atom stereocenters. The Bertz CT molecular complexity index is 45.3. The van der Waals surface area contributed by atoms with Crippen LogP contribution in [-0.4, -0.2) is 15.2 Å². The predicted octanol–water partition coefficient (Wildman–Crippen LogP) is 0.610. The fourth-order valence-electron chi connectivity index (χ4n) is 0.0913. The van der Waals surface area contributed by atoms with Crippen molar-refractivity contribution in [2.75, 3.05) is 0 Å². The van der Waals surface area contributed by atoms with E-state index in [1.165, 1.54) is 0 Å². The number of nitriles is 1. The minimum atomic E-state index is 0.120. The summed E-state index contributed by atoms with van der Waals surface area (Å²) < 4.78 is 0. The summed E-state index contributed by atoms with van der Waals surface area (Å²) in [5.74, 6) is 0. The van der Waals surface area contributed by atoms with Crippen LogP contribution in [0.4, 0.5) is 0 Å². The Balaban J connectivity index is 2.48.